The van der Waals surface area contributed by atoms with Gasteiger partial charge in [0.15, 0.2) is 0 Å². The van der Waals surface area contributed by atoms with E-state index in [1.54, 1.807) is 12.4 Å². The Morgan fingerprint density at radius 1 is 1.06 bits per heavy atom. The number of nitrogens with zero attached hydrogens (tertiary/aromatic N) is 4. The van der Waals surface area contributed by atoms with E-state index in [-0.39, 0.29) is 10.8 Å². The molecule has 2 aromatic heterocycles. The number of pyridine rings is 1. The summed E-state index contributed by atoms with van der Waals surface area (Å²) in [4.78, 5) is 11.5. The number of likely N-dealkylation sites (tertiary alicyclic amines) is 1. The van der Waals surface area contributed by atoms with Crippen molar-refractivity contribution in [3.8, 4) is 11.4 Å². The molecule has 0 amide bonds. The van der Waals surface area contributed by atoms with Crippen LogP contribution in [0.2, 0.25) is 0 Å². The molecule has 4 heterocycles. The van der Waals surface area contributed by atoms with Crippen LogP contribution in [0.4, 0.5) is 0 Å². The largest absolute Gasteiger partial charge is 0.380 e. The fourth-order valence-electron chi connectivity index (χ4n) is 5.89. The van der Waals surface area contributed by atoms with Gasteiger partial charge in [-0.3, -0.25) is 4.98 Å². The number of nitrogens with one attached hydrogen (secondary N) is 1. The van der Waals surface area contributed by atoms with E-state index in [0.717, 1.165) is 55.7 Å². The first-order valence-corrected chi connectivity index (χ1v) is 12.7. The van der Waals surface area contributed by atoms with E-state index < -0.39 is 5.60 Å². The second-order valence-electron chi connectivity index (χ2n) is 11.4. The van der Waals surface area contributed by atoms with Gasteiger partial charge in [0.1, 0.15) is 5.60 Å². The Labute approximate surface area is 208 Å². The number of aromatic nitrogens is 3. The standard InChI is InChI=1S/C28H37N5O2/c1-19(2)20-6-8-22(9-7-20)28(34,27(4)17-33(5)18-27)23-14-21(15-30-16-23)24-31-25(35-32-24)26(3)10-12-29-13-11-26/h6-9,14-16,19,29,34H,10-13,17-18H2,1-5H3. The van der Waals surface area contributed by atoms with Crippen LogP contribution in [-0.2, 0) is 11.0 Å². The predicted octanol–water partition coefficient (Wildman–Crippen LogP) is 4.08. The summed E-state index contributed by atoms with van der Waals surface area (Å²) in [6.45, 7) is 12.2. The quantitative estimate of drug-likeness (QED) is 0.555. The summed E-state index contributed by atoms with van der Waals surface area (Å²) in [7, 11) is 2.08. The molecule has 0 saturated carbocycles. The van der Waals surface area contributed by atoms with Crippen molar-refractivity contribution >= 4 is 0 Å². The van der Waals surface area contributed by atoms with E-state index in [1.807, 2.05) is 6.07 Å². The third-order valence-electron chi connectivity index (χ3n) is 8.17. The highest BCUT2D eigenvalue weighted by atomic mass is 16.5. The van der Waals surface area contributed by atoms with Crippen molar-refractivity contribution < 1.29 is 9.63 Å². The van der Waals surface area contributed by atoms with Gasteiger partial charge in [-0.2, -0.15) is 4.98 Å². The van der Waals surface area contributed by atoms with Crippen molar-refractivity contribution in [3.05, 3.63) is 65.3 Å². The lowest BCUT2D eigenvalue weighted by atomic mass is 9.62. The van der Waals surface area contributed by atoms with E-state index in [0.29, 0.717) is 17.6 Å². The van der Waals surface area contributed by atoms with E-state index >= 15 is 0 Å². The Bertz CT molecular complexity index is 1180. The Hall–Kier alpha value is -2.61. The molecular weight excluding hydrogens is 438 g/mol. The summed E-state index contributed by atoms with van der Waals surface area (Å²) >= 11 is 0. The lowest BCUT2D eigenvalue weighted by molar-refractivity contribution is -0.127. The van der Waals surface area contributed by atoms with Crippen molar-refractivity contribution in [2.24, 2.45) is 5.41 Å². The topological polar surface area (TPSA) is 87.3 Å². The van der Waals surface area contributed by atoms with Crippen LogP contribution in [0.15, 0.2) is 47.2 Å². The van der Waals surface area contributed by atoms with E-state index in [9.17, 15) is 5.11 Å². The minimum Gasteiger partial charge on any atom is -0.380 e. The van der Waals surface area contributed by atoms with Gasteiger partial charge in [0.2, 0.25) is 11.7 Å². The van der Waals surface area contributed by atoms with E-state index in [2.05, 4.69) is 79.4 Å². The zero-order valence-electron chi connectivity index (χ0n) is 21.5. The van der Waals surface area contributed by atoms with E-state index in [4.69, 9.17) is 9.51 Å². The number of rotatable bonds is 6. The molecule has 2 saturated heterocycles. The van der Waals surface area contributed by atoms with Crippen molar-refractivity contribution in [3.63, 3.8) is 0 Å². The van der Waals surface area contributed by atoms with E-state index in [1.165, 1.54) is 5.56 Å². The molecule has 5 rings (SSSR count). The summed E-state index contributed by atoms with van der Waals surface area (Å²) in [5.41, 5.74) is 1.96. The first-order chi connectivity index (χ1) is 16.6. The van der Waals surface area contributed by atoms with Crippen LogP contribution in [0, 0.1) is 5.41 Å². The van der Waals surface area contributed by atoms with Gasteiger partial charge in [-0.05, 0) is 56.1 Å². The Morgan fingerprint density at radius 3 is 2.37 bits per heavy atom. The van der Waals surface area contributed by atoms with Crippen LogP contribution in [-0.4, -0.2) is 58.4 Å². The SMILES string of the molecule is CC(C)c1ccc(C(O)(c2cncc(-c3noc(C4(C)CCNCC4)n3)c2)C2(C)CN(C)C2)cc1. The summed E-state index contributed by atoms with van der Waals surface area (Å²) in [5.74, 6) is 1.62. The van der Waals surface area contributed by atoms with Gasteiger partial charge in [-0.1, -0.05) is 57.1 Å². The van der Waals surface area contributed by atoms with Crippen molar-refractivity contribution in [2.75, 3.05) is 33.2 Å². The molecule has 2 aliphatic rings. The maximum Gasteiger partial charge on any atom is 0.232 e. The van der Waals surface area contributed by atoms with Crippen molar-refractivity contribution in [2.45, 2.75) is 57.5 Å². The number of hydrogen-bond acceptors (Lipinski definition) is 7. The highest BCUT2D eigenvalue weighted by Crippen LogP contribution is 2.50. The molecule has 7 nitrogen and oxygen atoms in total. The smallest absolute Gasteiger partial charge is 0.232 e. The highest BCUT2D eigenvalue weighted by molar-refractivity contribution is 5.56. The van der Waals surface area contributed by atoms with Gasteiger partial charge in [-0.25, -0.2) is 0 Å². The third kappa shape index (κ3) is 4.09. The molecule has 2 aliphatic heterocycles. The number of benzene rings is 1. The van der Waals surface area contributed by atoms with Gasteiger partial charge in [0, 0.05) is 47.4 Å². The second-order valence-corrected chi connectivity index (χ2v) is 11.4. The normalized spacial score (nSPS) is 21.5. The zero-order valence-corrected chi connectivity index (χ0v) is 21.5. The maximum absolute atomic E-state index is 12.5. The summed E-state index contributed by atoms with van der Waals surface area (Å²) in [5, 5.41) is 20.2. The van der Waals surface area contributed by atoms with Crippen LogP contribution in [0.1, 0.15) is 69.0 Å². The molecular formula is C28H37N5O2. The average molecular weight is 476 g/mol. The summed E-state index contributed by atoms with van der Waals surface area (Å²) < 4.78 is 5.74. The average Bonchev–Trinajstić information content (AvgIpc) is 3.35. The lowest BCUT2D eigenvalue weighted by Gasteiger charge is -2.55. The van der Waals surface area contributed by atoms with Gasteiger partial charge >= 0.3 is 0 Å². The molecule has 1 atom stereocenters. The Balaban J connectivity index is 1.54. The lowest BCUT2D eigenvalue weighted by Crippen LogP contribution is -2.63. The minimum atomic E-state index is -1.20. The summed E-state index contributed by atoms with van der Waals surface area (Å²) in [6, 6.07) is 10.4. The first-order valence-electron chi connectivity index (χ1n) is 12.7. The molecule has 35 heavy (non-hydrogen) atoms. The van der Waals surface area contributed by atoms with Crippen LogP contribution in [0.3, 0.4) is 0 Å². The first kappa shape index (κ1) is 24.1. The molecule has 0 aliphatic carbocycles. The maximum atomic E-state index is 12.5. The molecule has 0 spiro atoms. The molecule has 2 fully saturated rings. The Kier molecular flexibility index (Phi) is 6.06. The van der Waals surface area contributed by atoms with Crippen molar-refractivity contribution in [1.82, 2.24) is 25.3 Å². The highest BCUT2D eigenvalue weighted by Gasteiger charge is 2.55. The minimum absolute atomic E-state index is 0.121. The number of hydrogen-bond donors (Lipinski definition) is 2. The van der Waals surface area contributed by atoms with Crippen LogP contribution in [0.25, 0.3) is 11.4 Å². The summed E-state index contributed by atoms with van der Waals surface area (Å²) in [6.07, 6.45) is 5.45. The molecule has 0 radical (unpaired) electrons. The molecule has 3 aromatic rings. The fourth-order valence-corrected chi connectivity index (χ4v) is 5.89. The number of piperidine rings is 1. The third-order valence-corrected chi connectivity index (χ3v) is 8.17. The molecule has 1 aromatic carbocycles. The van der Waals surface area contributed by atoms with Gasteiger partial charge in [-0.15, -0.1) is 0 Å². The molecule has 2 N–H and O–H groups in total. The monoisotopic (exact) mass is 475 g/mol. The number of aliphatic hydroxyl groups is 1. The van der Waals surface area contributed by atoms with Crippen LogP contribution in [0.5, 0.6) is 0 Å². The van der Waals surface area contributed by atoms with Gasteiger partial charge in [0.05, 0.1) is 0 Å². The zero-order chi connectivity index (χ0) is 24.8. The molecule has 186 valence electrons. The van der Waals surface area contributed by atoms with Gasteiger partial charge < -0.3 is 19.8 Å². The fraction of sp³-hybridized carbons (Fsp3) is 0.536. The molecule has 1 unspecified atom stereocenters. The molecule has 0 bridgehead atoms. The van der Waals surface area contributed by atoms with Crippen LogP contribution >= 0.6 is 0 Å². The van der Waals surface area contributed by atoms with Gasteiger partial charge in [0.25, 0.3) is 0 Å². The Morgan fingerprint density at radius 2 is 1.74 bits per heavy atom. The molecule has 7 heteroatoms. The van der Waals surface area contributed by atoms with Crippen molar-refractivity contribution in [1.29, 1.82) is 0 Å². The predicted molar refractivity (Wildman–Crippen MR) is 136 cm³/mol. The van der Waals surface area contributed by atoms with Crippen LogP contribution < -0.4 is 5.32 Å². The second kappa shape index (κ2) is 8.80.